The lowest BCUT2D eigenvalue weighted by atomic mass is 9.68. The van der Waals surface area contributed by atoms with E-state index < -0.39 is 5.41 Å². The first kappa shape index (κ1) is 20.7. The lowest BCUT2D eigenvalue weighted by Gasteiger charge is -2.37. The van der Waals surface area contributed by atoms with Crippen molar-refractivity contribution in [3.05, 3.63) is 52.7 Å². The number of aryl methyl sites for hydroxylation is 1. The first-order valence-electron chi connectivity index (χ1n) is 10.2. The van der Waals surface area contributed by atoms with E-state index in [9.17, 15) is 4.79 Å². The molecule has 28 heavy (non-hydrogen) atoms. The molecule has 0 saturated heterocycles. The molecule has 0 unspecified atom stereocenters. The van der Waals surface area contributed by atoms with E-state index in [0.717, 1.165) is 61.9 Å². The smallest absolute Gasteiger partial charge is 0.235 e. The number of carbonyl (C=O) groups excluding carboxylic acids is 1. The summed E-state index contributed by atoms with van der Waals surface area (Å²) in [4.78, 5) is 18.0. The van der Waals surface area contributed by atoms with Gasteiger partial charge in [0.05, 0.1) is 23.4 Å². The number of nitrogens with zero attached hydrogens (tertiary/aromatic N) is 1. The van der Waals surface area contributed by atoms with Gasteiger partial charge in [-0.05, 0) is 43.9 Å². The number of halogens is 1. The fourth-order valence-electron chi connectivity index (χ4n) is 3.94. The average Bonchev–Trinajstić information content (AvgIpc) is 2.71. The standard InChI is InChI=1S/C23H29ClN2O2/c1-3-4-16-28-21-13-12-20(17(2)25-21)26-22(27)23(14-8-5-9-15-23)18-10-6-7-11-19(18)24/h6-7,10-13H,3-5,8-9,14-16H2,1-2H3,(H,26,27). The summed E-state index contributed by atoms with van der Waals surface area (Å²) in [6.07, 6.45) is 6.92. The number of anilines is 1. The molecule has 0 atom stereocenters. The molecule has 5 heteroatoms. The van der Waals surface area contributed by atoms with Crippen molar-refractivity contribution in [1.82, 2.24) is 4.98 Å². The zero-order valence-corrected chi connectivity index (χ0v) is 17.5. The maximum Gasteiger partial charge on any atom is 0.235 e. The fraction of sp³-hybridized carbons (Fsp3) is 0.478. The second kappa shape index (κ2) is 9.42. The Kier molecular flexibility index (Phi) is 6.95. The van der Waals surface area contributed by atoms with Gasteiger partial charge in [-0.25, -0.2) is 4.98 Å². The molecule has 0 bridgehead atoms. The quantitative estimate of drug-likeness (QED) is 0.574. The summed E-state index contributed by atoms with van der Waals surface area (Å²) in [5, 5.41) is 3.79. The molecule has 0 spiro atoms. The molecule has 1 aliphatic rings. The Bertz CT molecular complexity index is 816. The van der Waals surface area contributed by atoms with Crippen LogP contribution in [-0.4, -0.2) is 17.5 Å². The Balaban J connectivity index is 1.82. The molecule has 4 nitrogen and oxygen atoms in total. The Morgan fingerprint density at radius 2 is 1.93 bits per heavy atom. The van der Waals surface area contributed by atoms with Gasteiger partial charge in [-0.15, -0.1) is 0 Å². The molecule has 150 valence electrons. The number of rotatable bonds is 7. The molecule has 0 aliphatic heterocycles. The van der Waals surface area contributed by atoms with Crippen molar-refractivity contribution in [3.63, 3.8) is 0 Å². The van der Waals surface area contributed by atoms with Crippen LogP contribution in [0.5, 0.6) is 5.88 Å². The Hall–Kier alpha value is -2.07. The summed E-state index contributed by atoms with van der Waals surface area (Å²) in [6, 6.07) is 11.4. The number of unbranched alkanes of at least 4 members (excludes halogenated alkanes) is 1. The molecule has 1 amide bonds. The topological polar surface area (TPSA) is 51.2 Å². The maximum absolute atomic E-state index is 13.5. The number of amides is 1. The first-order chi connectivity index (χ1) is 13.6. The van der Waals surface area contributed by atoms with Crippen LogP contribution in [0.2, 0.25) is 5.02 Å². The van der Waals surface area contributed by atoms with E-state index in [4.69, 9.17) is 16.3 Å². The number of benzene rings is 1. The minimum Gasteiger partial charge on any atom is -0.478 e. The van der Waals surface area contributed by atoms with E-state index in [1.807, 2.05) is 43.3 Å². The number of ether oxygens (including phenoxy) is 1. The van der Waals surface area contributed by atoms with Crippen molar-refractivity contribution < 1.29 is 9.53 Å². The first-order valence-corrected chi connectivity index (χ1v) is 10.6. The van der Waals surface area contributed by atoms with Crippen LogP contribution >= 0.6 is 11.6 Å². The molecule has 1 saturated carbocycles. The highest BCUT2D eigenvalue weighted by molar-refractivity contribution is 6.31. The van der Waals surface area contributed by atoms with E-state index in [0.29, 0.717) is 17.5 Å². The average molecular weight is 401 g/mol. The molecule has 0 radical (unpaired) electrons. The molecular formula is C23H29ClN2O2. The van der Waals surface area contributed by atoms with E-state index in [1.165, 1.54) is 0 Å². The summed E-state index contributed by atoms with van der Waals surface area (Å²) in [6.45, 7) is 4.68. The lowest BCUT2D eigenvalue weighted by Crippen LogP contribution is -2.42. The summed E-state index contributed by atoms with van der Waals surface area (Å²) < 4.78 is 5.67. The number of pyridine rings is 1. The lowest BCUT2D eigenvalue weighted by molar-refractivity contribution is -0.122. The maximum atomic E-state index is 13.5. The highest BCUT2D eigenvalue weighted by atomic mass is 35.5. The van der Waals surface area contributed by atoms with Crippen LogP contribution in [0.4, 0.5) is 5.69 Å². The summed E-state index contributed by atoms with van der Waals surface area (Å²) in [7, 11) is 0. The van der Waals surface area contributed by atoms with Gasteiger partial charge >= 0.3 is 0 Å². The molecule has 2 aromatic rings. The third-order valence-electron chi connectivity index (χ3n) is 5.59. The molecule has 1 aromatic heterocycles. The van der Waals surface area contributed by atoms with Crippen molar-refractivity contribution in [2.75, 3.05) is 11.9 Å². The predicted molar refractivity (Wildman–Crippen MR) is 114 cm³/mol. The zero-order valence-electron chi connectivity index (χ0n) is 16.8. The van der Waals surface area contributed by atoms with Crippen molar-refractivity contribution in [1.29, 1.82) is 0 Å². The van der Waals surface area contributed by atoms with E-state index >= 15 is 0 Å². The van der Waals surface area contributed by atoms with Gasteiger partial charge in [0.15, 0.2) is 0 Å². The van der Waals surface area contributed by atoms with Crippen molar-refractivity contribution >= 4 is 23.2 Å². The highest BCUT2D eigenvalue weighted by Crippen LogP contribution is 2.43. The van der Waals surface area contributed by atoms with Crippen molar-refractivity contribution in [2.24, 2.45) is 0 Å². The Morgan fingerprint density at radius 3 is 2.61 bits per heavy atom. The molecule has 1 heterocycles. The molecule has 1 fully saturated rings. The van der Waals surface area contributed by atoms with Gasteiger partial charge in [0.2, 0.25) is 11.8 Å². The molecule has 1 aliphatic carbocycles. The summed E-state index contributed by atoms with van der Waals surface area (Å²) >= 11 is 6.50. The predicted octanol–water partition coefficient (Wildman–Crippen LogP) is 6.06. The molecule has 1 N–H and O–H groups in total. The van der Waals surface area contributed by atoms with Crippen molar-refractivity contribution in [3.8, 4) is 5.88 Å². The third kappa shape index (κ3) is 4.49. The van der Waals surface area contributed by atoms with Gasteiger partial charge in [-0.2, -0.15) is 0 Å². The SMILES string of the molecule is CCCCOc1ccc(NC(=O)C2(c3ccccc3Cl)CCCCC2)c(C)n1. The van der Waals surface area contributed by atoms with Crippen LogP contribution < -0.4 is 10.1 Å². The van der Waals surface area contributed by atoms with E-state index in [2.05, 4.69) is 17.2 Å². The Labute approximate surface area is 172 Å². The van der Waals surface area contributed by atoms with Gasteiger partial charge in [-0.1, -0.05) is 62.4 Å². The van der Waals surface area contributed by atoms with Crippen molar-refractivity contribution in [2.45, 2.75) is 64.2 Å². The third-order valence-corrected chi connectivity index (χ3v) is 5.92. The van der Waals surface area contributed by atoms with Crippen LogP contribution in [0.1, 0.15) is 63.1 Å². The van der Waals surface area contributed by atoms with Gasteiger partial charge < -0.3 is 10.1 Å². The van der Waals surface area contributed by atoms with Gasteiger partial charge in [0.25, 0.3) is 0 Å². The minimum atomic E-state index is -0.584. The van der Waals surface area contributed by atoms with Crippen LogP contribution in [0, 0.1) is 6.92 Å². The summed E-state index contributed by atoms with van der Waals surface area (Å²) in [5.41, 5.74) is 1.83. The van der Waals surface area contributed by atoms with Crippen LogP contribution in [-0.2, 0) is 10.2 Å². The molecule has 3 rings (SSSR count). The highest BCUT2D eigenvalue weighted by Gasteiger charge is 2.42. The minimum absolute atomic E-state index is 0.00449. The van der Waals surface area contributed by atoms with Gasteiger partial charge in [0, 0.05) is 11.1 Å². The normalized spacial score (nSPS) is 15.8. The second-order valence-electron chi connectivity index (χ2n) is 7.56. The zero-order chi connectivity index (χ0) is 20.0. The number of hydrogen-bond acceptors (Lipinski definition) is 3. The van der Waals surface area contributed by atoms with E-state index in [-0.39, 0.29) is 5.91 Å². The number of aromatic nitrogens is 1. The second-order valence-corrected chi connectivity index (χ2v) is 7.97. The number of carbonyl (C=O) groups is 1. The van der Waals surface area contributed by atoms with Crippen LogP contribution in [0.15, 0.2) is 36.4 Å². The fourth-order valence-corrected chi connectivity index (χ4v) is 4.25. The number of nitrogens with one attached hydrogen (secondary N) is 1. The van der Waals surface area contributed by atoms with Crippen LogP contribution in [0.3, 0.4) is 0 Å². The largest absolute Gasteiger partial charge is 0.478 e. The monoisotopic (exact) mass is 400 g/mol. The van der Waals surface area contributed by atoms with Crippen LogP contribution in [0.25, 0.3) is 0 Å². The molecular weight excluding hydrogens is 372 g/mol. The van der Waals surface area contributed by atoms with Gasteiger partial charge in [0.1, 0.15) is 0 Å². The molecule has 1 aromatic carbocycles. The Morgan fingerprint density at radius 1 is 1.18 bits per heavy atom. The van der Waals surface area contributed by atoms with E-state index in [1.54, 1.807) is 0 Å². The number of hydrogen-bond donors (Lipinski definition) is 1. The summed E-state index contributed by atoms with van der Waals surface area (Å²) in [5.74, 6) is 0.604. The van der Waals surface area contributed by atoms with Gasteiger partial charge in [-0.3, -0.25) is 4.79 Å².